The van der Waals surface area contributed by atoms with Crippen LogP contribution in [-0.2, 0) is 16.1 Å². The van der Waals surface area contributed by atoms with Gasteiger partial charge in [-0.25, -0.2) is 4.39 Å². The molecular weight excluding hydrogens is 313 g/mol. The molecule has 0 bridgehead atoms. The van der Waals surface area contributed by atoms with E-state index in [1.54, 1.807) is 42.5 Å². The smallest absolute Gasteiger partial charge is 0.221 e. The van der Waals surface area contributed by atoms with Crippen LogP contribution in [0.5, 0.6) is 5.75 Å². The van der Waals surface area contributed by atoms with E-state index < -0.39 is 6.10 Å². The number of aliphatic hydroxyl groups excluding tert-OH is 1. The molecule has 0 radical (unpaired) electrons. The first-order valence-electron chi connectivity index (χ1n) is 7.54. The summed E-state index contributed by atoms with van der Waals surface area (Å²) in [7, 11) is 0. The second-order valence-electron chi connectivity index (χ2n) is 5.28. The highest BCUT2D eigenvalue weighted by Gasteiger charge is 2.07. The van der Waals surface area contributed by atoms with Crippen LogP contribution in [0.1, 0.15) is 12.5 Å². The maximum atomic E-state index is 13.4. The molecule has 1 atom stereocenters. The lowest BCUT2D eigenvalue weighted by Gasteiger charge is -2.13. The van der Waals surface area contributed by atoms with E-state index in [2.05, 4.69) is 5.32 Å². The predicted octanol–water partition coefficient (Wildman–Crippen LogP) is 2.74. The highest BCUT2D eigenvalue weighted by molar-refractivity contribution is 5.88. The maximum Gasteiger partial charge on any atom is 0.221 e. The van der Waals surface area contributed by atoms with Gasteiger partial charge in [0.25, 0.3) is 0 Å². The number of aliphatic hydroxyl groups is 1. The lowest BCUT2D eigenvalue weighted by molar-refractivity contribution is -0.114. The fraction of sp³-hybridized carbons (Fsp3) is 0.278. The van der Waals surface area contributed by atoms with Gasteiger partial charge in [-0.05, 0) is 30.3 Å². The second kappa shape index (κ2) is 9.00. The minimum absolute atomic E-state index is 0.0400. The lowest BCUT2D eigenvalue weighted by atomic mass is 10.2. The quantitative estimate of drug-likeness (QED) is 0.779. The molecule has 1 unspecified atom stereocenters. The Morgan fingerprint density at radius 2 is 1.88 bits per heavy atom. The number of anilines is 1. The fourth-order valence-electron chi connectivity index (χ4n) is 2.00. The van der Waals surface area contributed by atoms with Gasteiger partial charge in [0.05, 0.1) is 13.2 Å². The van der Waals surface area contributed by atoms with Crippen molar-refractivity contribution in [3.8, 4) is 5.75 Å². The summed E-state index contributed by atoms with van der Waals surface area (Å²) in [6.07, 6.45) is -0.827. The summed E-state index contributed by atoms with van der Waals surface area (Å²) in [5, 5.41) is 12.5. The Hall–Kier alpha value is -2.44. The predicted molar refractivity (Wildman–Crippen MR) is 88.3 cm³/mol. The van der Waals surface area contributed by atoms with Crippen molar-refractivity contribution in [3.63, 3.8) is 0 Å². The molecule has 0 saturated carbocycles. The number of hydrogen-bond acceptors (Lipinski definition) is 4. The molecule has 2 rings (SSSR count). The average molecular weight is 333 g/mol. The normalized spacial score (nSPS) is 11.8. The molecule has 24 heavy (non-hydrogen) atoms. The number of hydrogen-bond donors (Lipinski definition) is 2. The zero-order valence-corrected chi connectivity index (χ0v) is 13.4. The number of carbonyl (C=O) groups excluding carboxylic acids is 1. The van der Waals surface area contributed by atoms with Gasteiger partial charge < -0.3 is 19.9 Å². The third-order valence-electron chi connectivity index (χ3n) is 3.14. The Bertz CT molecular complexity index is 660. The summed E-state index contributed by atoms with van der Waals surface area (Å²) >= 11 is 0. The Labute approximate surface area is 140 Å². The van der Waals surface area contributed by atoms with Crippen LogP contribution in [0.15, 0.2) is 48.5 Å². The molecule has 1 amide bonds. The molecule has 0 aromatic heterocycles. The molecule has 128 valence electrons. The van der Waals surface area contributed by atoms with Gasteiger partial charge in [0.1, 0.15) is 24.3 Å². The molecule has 5 nitrogen and oxygen atoms in total. The van der Waals surface area contributed by atoms with Gasteiger partial charge in [-0.1, -0.05) is 18.2 Å². The third kappa shape index (κ3) is 5.98. The SMILES string of the molecule is CC(=O)Nc1ccc(OCC(O)COCc2ccccc2F)cc1. The Kier molecular flexibility index (Phi) is 6.72. The molecule has 6 heteroatoms. The Balaban J connectivity index is 1.70. The van der Waals surface area contributed by atoms with Crippen LogP contribution in [0, 0.1) is 5.82 Å². The van der Waals surface area contributed by atoms with E-state index >= 15 is 0 Å². The van der Waals surface area contributed by atoms with Crippen LogP contribution in [-0.4, -0.2) is 30.3 Å². The number of halogens is 1. The minimum Gasteiger partial charge on any atom is -0.491 e. The van der Waals surface area contributed by atoms with Crippen LogP contribution in [0.4, 0.5) is 10.1 Å². The third-order valence-corrected chi connectivity index (χ3v) is 3.14. The zero-order chi connectivity index (χ0) is 17.4. The number of amides is 1. The number of ether oxygens (including phenoxy) is 2. The van der Waals surface area contributed by atoms with E-state index in [1.807, 2.05) is 0 Å². The summed E-state index contributed by atoms with van der Waals surface area (Å²) in [5.41, 5.74) is 1.11. The van der Waals surface area contributed by atoms with Crippen LogP contribution < -0.4 is 10.1 Å². The van der Waals surface area contributed by atoms with Crippen molar-refractivity contribution in [3.05, 3.63) is 59.9 Å². The van der Waals surface area contributed by atoms with Gasteiger partial charge >= 0.3 is 0 Å². The maximum absolute atomic E-state index is 13.4. The Morgan fingerprint density at radius 3 is 2.54 bits per heavy atom. The van der Waals surface area contributed by atoms with E-state index in [0.717, 1.165) is 0 Å². The molecule has 0 fully saturated rings. The molecule has 0 heterocycles. The van der Waals surface area contributed by atoms with E-state index in [9.17, 15) is 14.3 Å². The highest BCUT2D eigenvalue weighted by Crippen LogP contribution is 2.16. The van der Waals surface area contributed by atoms with Crippen molar-refractivity contribution in [1.82, 2.24) is 0 Å². The highest BCUT2D eigenvalue weighted by atomic mass is 19.1. The van der Waals surface area contributed by atoms with Gasteiger partial charge in [0.2, 0.25) is 5.91 Å². The van der Waals surface area contributed by atoms with Crippen molar-refractivity contribution in [1.29, 1.82) is 0 Å². The summed E-state index contributed by atoms with van der Waals surface area (Å²) < 4.78 is 24.1. The molecule has 0 aliphatic heterocycles. The molecule has 0 aliphatic rings. The first-order valence-corrected chi connectivity index (χ1v) is 7.54. The summed E-state index contributed by atoms with van der Waals surface area (Å²) in [5.74, 6) is 0.0887. The van der Waals surface area contributed by atoms with Crippen LogP contribution in [0.25, 0.3) is 0 Å². The van der Waals surface area contributed by atoms with Gasteiger partial charge in [0, 0.05) is 18.2 Å². The van der Waals surface area contributed by atoms with Gasteiger partial charge in [0.15, 0.2) is 0 Å². The number of rotatable bonds is 8. The van der Waals surface area contributed by atoms with Crippen molar-refractivity contribution in [2.45, 2.75) is 19.6 Å². The molecule has 0 aliphatic carbocycles. The first-order chi connectivity index (χ1) is 11.5. The van der Waals surface area contributed by atoms with Crippen molar-refractivity contribution in [2.24, 2.45) is 0 Å². The number of nitrogens with one attached hydrogen (secondary N) is 1. The monoisotopic (exact) mass is 333 g/mol. The number of carbonyl (C=O) groups is 1. The van der Waals surface area contributed by atoms with E-state index in [4.69, 9.17) is 9.47 Å². The minimum atomic E-state index is -0.827. The zero-order valence-electron chi connectivity index (χ0n) is 13.4. The summed E-state index contributed by atoms with van der Waals surface area (Å²) in [6.45, 7) is 1.62. The molecule has 2 aromatic rings. The van der Waals surface area contributed by atoms with Crippen LogP contribution in [0.2, 0.25) is 0 Å². The summed E-state index contributed by atoms with van der Waals surface area (Å²) in [4.78, 5) is 10.9. The lowest BCUT2D eigenvalue weighted by Crippen LogP contribution is -2.23. The van der Waals surface area contributed by atoms with Gasteiger partial charge in [-0.2, -0.15) is 0 Å². The molecule has 0 saturated heterocycles. The largest absolute Gasteiger partial charge is 0.491 e. The van der Waals surface area contributed by atoms with Crippen LogP contribution in [0.3, 0.4) is 0 Å². The molecule has 0 spiro atoms. The number of benzene rings is 2. The first kappa shape index (κ1) is 17.9. The molecule has 2 N–H and O–H groups in total. The van der Waals surface area contributed by atoms with Crippen molar-refractivity contribution >= 4 is 11.6 Å². The summed E-state index contributed by atoms with van der Waals surface area (Å²) in [6, 6.07) is 13.1. The second-order valence-corrected chi connectivity index (χ2v) is 5.28. The van der Waals surface area contributed by atoms with E-state index in [1.165, 1.54) is 13.0 Å². The van der Waals surface area contributed by atoms with Crippen LogP contribution >= 0.6 is 0 Å². The average Bonchev–Trinajstić information content (AvgIpc) is 2.55. The van der Waals surface area contributed by atoms with E-state index in [-0.39, 0.29) is 31.5 Å². The fourth-order valence-corrected chi connectivity index (χ4v) is 2.00. The van der Waals surface area contributed by atoms with Gasteiger partial charge in [-0.3, -0.25) is 4.79 Å². The Morgan fingerprint density at radius 1 is 1.17 bits per heavy atom. The van der Waals surface area contributed by atoms with Gasteiger partial charge in [-0.15, -0.1) is 0 Å². The van der Waals surface area contributed by atoms with E-state index in [0.29, 0.717) is 17.0 Å². The molecule has 2 aromatic carbocycles. The van der Waals surface area contributed by atoms with Crippen molar-refractivity contribution in [2.75, 3.05) is 18.5 Å². The van der Waals surface area contributed by atoms with Crippen molar-refractivity contribution < 1.29 is 23.8 Å². The standard InChI is InChI=1S/C18H20FNO4/c1-13(21)20-15-6-8-17(9-7-15)24-12-16(22)11-23-10-14-4-2-3-5-18(14)19/h2-9,16,22H,10-12H2,1H3,(H,20,21). The molecular formula is C18H20FNO4. The topological polar surface area (TPSA) is 67.8 Å².